The fourth-order valence-corrected chi connectivity index (χ4v) is 2.92. The second-order valence-electron chi connectivity index (χ2n) is 4.60. The minimum absolute atomic E-state index is 0.0568. The van der Waals surface area contributed by atoms with Crippen molar-refractivity contribution in [2.24, 2.45) is 0 Å². The SMILES string of the molecule is CCNC(=O)c1cc(C(C)C)c(C(C)C)s1. The summed E-state index contributed by atoms with van der Waals surface area (Å²) in [5.74, 6) is 1.03. The molecule has 0 aromatic carbocycles. The average Bonchev–Trinajstić information content (AvgIpc) is 2.62. The van der Waals surface area contributed by atoms with Crippen LogP contribution in [-0.4, -0.2) is 12.5 Å². The van der Waals surface area contributed by atoms with Crippen molar-refractivity contribution in [2.75, 3.05) is 6.54 Å². The van der Waals surface area contributed by atoms with Gasteiger partial charge in [0.25, 0.3) is 5.91 Å². The average molecular weight is 239 g/mol. The molecule has 0 aliphatic carbocycles. The molecule has 0 saturated carbocycles. The van der Waals surface area contributed by atoms with Crippen molar-refractivity contribution in [3.8, 4) is 0 Å². The number of hydrogen-bond donors (Lipinski definition) is 1. The van der Waals surface area contributed by atoms with E-state index in [1.165, 1.54) is 10.4 Å². The molecule has 0 atom stereocenters. The highest BCUT2D eigenvalue weighted by molar-refractivity contribution is 7.14. The second kappa shape index (κ2) is 5.48. The standard InChI is InChI=1S/C13H21NOS/c1-6-14-13(15)11-7-10(8(2)3)12(16-11)9(4)5/h7-9H,6H2,1-5H3,(H,14,15). The van der Waals surface area contributed by atoms with Crippen molar-refractivity contribution in [1.29, 1.82) is 0 Å². The van der Waals surface area contributed by atoms with E-state index in [-0.39, 0.29) is 5.91 Å². The molecule has 3 heteroatoms. The first kappa shape index (κ1) is 13.2. The van der Waals surface area contributed by atoms with Crippen LogP contribution in [0.1, 0.15) is 66.6 Å². The van der Waals surface area contributed by atoms with Crippen LogP contribution in [0.2, 0.25) is 0 Å². The number of nitrogens with one attached hydrogen (secondary N) is 1. The molecule has 16 heavy (non-hydrogen) atoms. The van der Waals surface area contributed by atoms with Gasteiger partial charge in [-0.25, -0.2) is 0 Å². The predicted octanol–water partition coefficient (Wildman–Crippen LogP) is 3.74. The molecule has 0 aliphatic rings. The zero-order valence-corrected chi connectivity index (χ0v) is 11.6. The Hall–Kier alpha value is -0.830. The summed E-state index contributed by atoms with van der Waals surface area (Å²) in [6.45, 7) is 11.3. The zero-order valence-electron chi connectivity index (χ0n) is 10.8. The lowest BCUT2D eigenvalue weighted by Crippen LogP contribution is -2.21. The first-order valence-electron chi connectivity index (χ1n) is 5.89. The molecule has 0 aliphatic heterocycles. The van der Waals surface area contributed by atoms with Gasteiger partial charge in [0.05, 0.1) is 4.88 Å². The Morgan fingerprint density at radius 1 is 1.31 bits per heavy atom. The quantitative estimate of drug-likeness (QED) is 0.852. The van der Waals surface area contributed by atoms with Crippen LogP contribution in [-0.2, 0) is 0 Å². The molecule has 1 amide bonds. The van der Waals surface area contributed by atoms with Crippen molar-refractivity contribution in [2.45, 2.75) is 46.5 Å². The normalized spacial score (nSPS) is 11.2. The molecule has 0 fully saturated rings. The zero-order chi connectivity index (χ0) is 12.3. The van der Waals surface area contributed by atoms with Crippen LogP contribution >= 0.6 is 11.3 Å². The maximum absolute atomic E-state index is 11.8. The van der Waals surface area contributed by atoms with Gasteiger partial charge < -0.3 is 5.32 Å². The maximum atomic E-state index is 11.8. The van der Waals surface area contributed by atoms with E-state index in [9.17, 15) is 4.79 Å². The van der Waals surface area contributed by atoms with Crippen molar-refractivity contribution < 1.29 is 4.79 Å². The predicted molar refractivity (Wildman–Crippen MR) is 70.5 cm³/mol. The Morgan fingerprint density at radius 2 is 1.94 bits per heavy atom. The summed E-state index contributed by atoms with van der Waals surface area (Å²) in [7, 11) is 0. The lowest BCUT2D eigenvalue weighted by atomic mass is 9.99. The molecule has 0 saturated heterocycles. The monoisotopic (exact) mass is 239 g/mol. The lowest BCUT2D eigenvalue weighted by molar-refractivity contribution is 0.0960. The smallest absolute Gasteiger partial charge is 0.261 e. The Labute approximate surface area is 102 Å². The van der Waals surface area contributed by atoms with E-state index in [2.05, 4.69) is 39.1 Å². The largest absolute Gasteiger partial charge is 0.352 e. The van der Waals surface area contributed by atoms with E-state index < -0.39 is 0 Å². The van der Waals surface area contributed by atoms with Gasteiger partial charge in [0.1, 0.15) is 0 Å². The Kier molecular flexibility index (Phi) is 4.54. The molecule has 1 aromatic heterocycles. The molecule has 90 valence electrons. The summed E-state index contributed by atoms with van der Waals surface area (Å²) in [5.41, 5.74) is 1.32. The van der Waals surface area contributed by atoms with Gasteiger partial charge in [-0.05, 0) is 30.4 Å². The Morgan fingerprint density at radius 3 is 2.31 bits per heavy atom. The Balaban J connectivity index is 3.06. The van der Waals surface area contributed by atoms with E-state index in [1.807, 2.05) is 6.92 Å². The van der Waals surface area contributed by atoms with E-state index in [4.69, 9.17) is 0 Å². The minimum Gasteiger partial charge on any atom is -0.352 e. The first-order chi connectivity index (χ1) is 7.47. The fraction of sp³-hybridized carbons (Fsp3) is 0.615. The van der Waals surface area contributed by atoms with Gasteiger partial charge in [-0.15, -0.1) is 11.3 Å². The van der Waals surface area contributed by atoms with Gasteiger partial charge in [0.15, 0.2) is 0 Å². The lowest BCUT2D eigenvalue weighted by Gasteiger charge is -2.08. The fourth-order valence-electron chi connectivity index (χ4n) is 1.68. The summed E-state index contributed by atoms with van der Waals surface area (Å²) in [6.07, 6.45) is 0. The summed E-state index contributed by atoms with van der Waals surface area (Å²) >= 11 is 1.63. The van der Waals surface area contributed by atoms with E-state index in [0.717, 1.165) is 4.88 Å². The molecule has 1 rings (SSSR count). The molecule has 2 nitrogen and oxygen atoms in total. The molecule has 0 spiro atoms. The second-order valence-corrected chi connectivity index (χ2v) is 5.68. The van der Waals surface area contributed by atoms with Crippen LogP contribution in [0.5, 0.6) is 0 Å². The molecular formula is C13H21NOS. The highest BCUT2D eigenvalue weighted by atomic mass is 32.1. The molecule has 0 radical (unpaired) electrons. The van der Waals surface area contributed by atoms with Crippen LogP contribution in [0.15, 0.2) is 6.07 Å². The van der Waals surface area contributed by atoms with Crippen molar-refractivity contribution >= 4 is 17.2 Å². The number of rotatable bonds is 4. The molecule has 0 unspecified atom stereocenters. The third-order valence-corrected chi connectivity index (χ3v) is 3.95. The molecule has 0 bridgehead atoms. The molecule has 1 aromatic rings. The summed E-state index contributed by atoms with van der Waals surface area (Å²) in [6, 6.07) is 2.05. The number of thiophene rings is 1. The van der Waals surface area contributed by atoms with Crippen LogP contribution in [0, 0.1) is 0 Å². The van der Waals surface area contributed by atoms with Crippen LogP contribution in [0.4, 0.5) is 0 Å². The van der Waals surface area contributed by atoms with E-state index >= 15 is 0 Å². The number of carbonyl (C=O) groups excluding carboxylic acids is 1. The maximum Gasteiger partial charge on any atom is 0.261 e. The van der Waals surface area contributed by atoms with Crippen LogP contribution in [0.3, 0.4) is 0 Å². The van der Waals surface area contributed by atoms with Crippen molar-refractivity contribution in [1.82, 2.24) is 5.32 Å². The van der Waals surface area contributed by atoms with Crippen LogP contribution in [0.25, 0.3) is 0 Å². The number of hydrogen-bond acceptors (Lipinski definition) is 2. The van der Waals surface area contributed by atoms with E-state index in [1.54, 1.807) is 11.3 Å². The van der Waals surface area contributed by atoms with Gasteiger partial charge in [-0.1, -0.05) is 27.7 Å². The number of carbonyl (C=O) groups is 1. The molecule has 1 heterocycles. The Bertz CT molecular complexity index is 341. The van der Waals surface area contributed by atoms with Gasteiger partial charge in [0.2, 0.25) is 0 Å². The van der Waals surface area contributed by atoms with E-state index in [0.29, 0.717) is 18.4 Å². The van der Waals surface area contributed by atoms with Crippen LogP contribution < -0.4 is 5.32 Å². The van der Waals surface area contributed by atoms with Crippen molar-refractivity contribution in [3.05, 3.63) is 21.4 Å². The first-order valence-corrected chi connectivity index (χ1v) is 6.70. The molecular weight excluding hydrogens is 218 g/mol. The molecule has 1 N–H and O–H groups in total. The van der Waals surface area contributed by atoms with Gasteiger partial charge in [-0.3, -0.25) is 4.79 Å². The van der Waals surface area contributed by atoms with Gasteiger partial charge in [0, 0.05) is 11.4 Å². The van der Waals surface area contributed by atoms with Gasteiger partial charge in [-0.2, -0.15) is 0 Å². The number of amides is 1. The van der Waals surface area contributed by atoms with Gasteiger partial charge >= 0.3 is 0 Å². The summed E-state index contributed by atoms with van der Waals surface area (Å²) < 4.78 is 0. The topological polar surface area (TPSA) is 29.1 Å². The highest BCUT2D eigenvalue weighted by Gasteiger charge is 2.17. The van der Waals surface area contributed by atoms with Crippen molar-refractivity contribution in [3.63, 3.8) is 0 Å². The highest BCUT2D eigenvalue weighted by Crippen LogP contribution is 2.33. The minimum atomic E-state index is 0.0568. The summed E-state index contributed by atoms with van der Waals surface area (Å²) in [5, 5.41) is 2.85. The summed E-state index contributed by atoms with van der Waals surface area (Å²) in [4.78, 5) is 13.9. The third-order valence-electron chi connectivity index (χ3n) is 2.50. The third kappa shape index (κ3) is 2.85.